The summed E-state index contributed by atoms with van der Waals surface area (Å²) in [5, 5.41) is 4.85. The fourth-order valence-corrected chi connectivity index (χ4v) is 7.22. The molecule has 7 rings (SSSR count). The van der Waals surface area contributed by atoms with Gasteiger partial charge >= 0.3 is 0 Å². The number of para-hydroxylation sites is 1. The number of nitrogens with zero attached hydrogens (tertiary/aromatic N) is 1. The van der Waals surface area contributed by atoms with Crippen molar-refractivity contribution < 1.29 is 18.8 Å². The van der Waals surface area contributed by atoms with Crippen molar-refractivity contribution in [1.29, 1.82) is 0 Å². The van der Waals surface area contributed by atoms with Crippen LogP contribution < -0.4 is 5.32 Å². The first kappa shape index (κ1) is 22.8. The lowest BCUT2D eigenvalue weighted by Gasteiger charge is -2.38. The Hall–Kier alpha value is -4.36. The molecule has 7 heteroatoms. The van der Waals surface area contributed by atoms with Crippen molar-refractivity contribution in [3.05, 3.63) is 129 Å². The Balaban J connectivity index is 1.55. The van der Waals surface area contributed by atoms with Crippen molar-refractivity contribution in [3.8, 4) is 0 Å². The molecule has 4 atom stereocenters. The van der Waals surface area contributed by atoms with Crippen LogP contribution >= 0.6 is 11.3 Å². The number of Topliss-reactive ketones (excluding diaryl/α,β-unsaturated/α-hetero) is 2. The smallest absolute Gasteiger partial charge is 0.238 e. The Morgan fingerprint density at radius 1 is 0.895 bits per heavy atom. The molecule has 0 bridgehead atoms. The van der Waals surface area contributed by atoms with Gasteiger partial charge in [0.15, 0.2) is 11.6 Å². The summed E-state index contributed by atoms with van der Waals surface area (Å²) in [6.45, 7) is 0. The molecule has 38 heavy (non-hydrogen) atoms. The molecule has 1 spiro atoms. The number of amides is 1. The predicted octanol–water partition coefficient (Wildman–Crippen LogP) is 5.87. The van der Waals surface area contributed by atoms with Gasteiger partial charge in [-0.15, -0.1) is 11.3 Å². The minimum absolute atomic E-state index is 0.219. The average Bonchev–Trinajstić information content (AvgIpc) is 3.65. The summed E-state index contributed by atoms with van der Waals surface area (Å²) in [5.74, 6) is -2.43. The molecular weight excluding hydrogens is 499 g/mol. The fourth-order valence-electron chi connectivity index (χ4n) is 6.53. The van der Waals surface area contributed by atoms with Gasteiger partial charge in [-0.3, -0.25) is 14.4 Å². The van der Waals surface area contributed by atoms with E-state index < -0.39 is 29.2 Å². The molecule has 1 N–H and O–H groups in total. The van der Waals surface area contributed by atoms with Crippen molar-refractivity contribution >= 4 is 40.6 Å². The van der Waals surface area contributed by atoms with Crippen LogP contribution in [0.2, 0.25) is 0 Å². The number of carbonyl (C=O) groups excluding carboxylic acids is 3. The van der Waals surface area contributed by atoms with Crippen molar-refractivity contribution in [2.45, 2.75) is 17.5 Å². The largest absolute Gasteiger partial charge is 0.358 e. The quantitative estimate of drug-likeness (QED) is 0.342. The number of hydrogen-bond acceptors (Lipinski definition) is 5. The highest BCUT2D eigenvalue weighted by atomic mass is 32.1. The van der Waals surface area contributed by atoms with Crippen LogP contribution in [0.3, 0.4) is 0 Å². The van der Waals surface area contributed by atoms with E-state index in [-0.39, 0.29) is 23.0 Å². The van der Waals surface area contributed by atoms with E-state index in [2.05, 4.69) is 5.32 Å². The normalized spacial score (nSPS) is 24.6. The molecule has 5 nitrogen and oxygen atoms in total. The van der Waals surface area contributed by atoms with Gasteiger partial charge in [-0.05, 0) is 64.5 Å². The van der Waals surface area contributed by atoms with E-state index in [0.29, 0.717) is 16.1 Å². The maximum Gasteiger partial charge on any atom is 0.238 e. The number of rotatable bonds is 4. The van der Waals surface area contributed by atoms with Gasteiger partial charge in [0.05, 0.1) is 16.8 Å². The molecule has 3 aliphatic heterocycles. The second kappa shape index (κ2) is 8.33. The van der Waals surface area contributed by atoms with Gasteiger partial charge in [-0.2, -0.15) is 0 Å². The van der Waals surface area contributed by atoms with Crippen molar-refractivity contribution in [1.82, 2.24) is 4.90 Å². The number of thiophene rings is 1. The van der Waals surface area contributed by atoms with E-state index >= 15 is 0 Å². The van der Waals surface area contributed by atoms with Gasteiger partial charge in [-0.1, -0.05) is 48.5 Å². The van der Waals surface area contributed by atoms with Crippen LogP contribution in [0, 0.1) is 11.7 Å². The lowest BCUT2D eigenvalue weighted by atomic mass is 9.63. The van der Waals surface area contributed by atoms with Crippen LogP contribution in [0.15, 0.2) is 96.5 Å². The number of nitrogens with one attached hydrogen (secondary N) is 1. The van der Waals surface area contributed by atoms with Crippen molar-refractivity contribution in [2.75, 3.05) is 5.32 Å². The topological polar surface area (TPSA) is 66.5 Å². The SMILES string of the molecule is O=C(c1cccs1)C1C(C(=O)c2ccc(F)cc2)C2(C(=O)Nc3ccccc32)C2c3ccccc3C=CN12. The molecule has 4 aromatic rings. The van der Waals surface area contributed by atoms with E-state index in [1.807, 2.05) is 71.1 Å². The molecule has 1 fully saturated rings. The molecule has 1 aromatic heterocycles. The van der Waals surface area contributed by atoms with Gasteiger partial charge < -0.3 is 10.2 Å². The molecule has 0 aliphatic carbocycles. The highest BCUT2D eigenvalue weighted by Crippen LogP contribution is 2.62. The Morgan fingerprint density at radius 3 is 2.45 bits per heavy atom. The first-order valence-corrected chi connectivity index (χ1v) is 13.2. The summed E-state index contributed by atoms with van der Waals surface area (Å²) < 4.78 is 13.8. The first-order valence-electron chi connectivity index (χ1n) is 12.3. The van der Waals surface area contributed by atoms with Crippen LogP contribution in [0.25, 0.3) is 6.08 Å². The molecule has 1 saturated heterocycles. The van der Waals surface area contributed by atoms with Gasteiger partial charge in [0.25, 0.3) is 0 Å². The number of benzene rings is 3. The highest BCUT2D eigenvalue weighted by molar-refractivity contribution is 7.12. The Morgan fingerprint density at radius 2 is 1.66 bits per heavy atom. The number of carbonyl (C=O) groups is 3. The third-order valence-electron chi connectivity index (χ3n) is 8.01. The number of halogens is 1. The molecular formula is C31H21FN2O3S. The molecule has 4 unspecified atom stereocenters. The summed E-state index contributed by atoms with van der Waals surface area (Å²) in [4.78, 5) is 45.4. The second-order valence-corrected chi connectivity index (χ2v) is 10.7. The molecule has 0 saturated carbocycles. The van der Waals surface area contributed by atoms with Crippen LogP contribution in [-0.2, 0) is 10.2 Å². The van der Waals surface area contributed by atoms with Crippen LogP contribution in [0.5, 0.6) is 0 Å². The maximum atomic E-state index is 14.5. The first-order chi connectivity index (χ1) is 18.5. The van der Waals surface area contributed by atoms with E-state index in [1.165, 1.54) is 35.6 Å². The predicted molar refractivity (Wildman–Crippen MR) is 143 cm³/mol. The zero-order chi connectivity index (χ0) is 26.0. The number of fused-ring (bicyclic) bond motifs is 6. The average molecular weight is 521 g/mol. The van der Waals surface area contributed by atoms with E-state index in [9.17, 15) is 18.8 Å². The fraction of sp³-hybridized carbons (Fsp3) is 0.129. The van der Waals surface area contributed by atoms with E-state index in [4.69, 9.17) is 0 Å². The van der Waals surface area contributed by atoms with Crippen LogP contribution in [-0.4, -0.2) is 28.4 Å². The van der Waals surface area contributed by atoms with Crippen molar-refractivity contribution in [2.24, 2.45) is 5.92 Å². The molecule has 0 radical (unpaired) electrons. The number of anilines is 1. The summed E-state index contributed by atoms with van der Waals surface area (Å²) in [6.07, 6.45) is 3.77. The summed E-state index contributed by atoms with van der Waals surface area (Å²) >= 11 is 1.31. The maximum absolute atomic E-state index is 14.5. The number of hydrogen-bond donors (Lipinski definition) is 1. The molecule has 186 valence electrons. The van der Waals surface area contributed by atoms with Gasteiger partial charge in [0, 0.05) is 17.5 Å². The van der Waals surface area contributed by atoms with Crippen LogP contribution in [0.4, 0.5) is 10.1 Å². The Bertz CT molecular complexity index is 1650. The van der Waals surface area contributed by atoms with Crippen LogP contribution in [0.1, 0.15) is 42.8 Å². The molecule has 3 aliphatic rings. The molecule has 1 amide bonds. The second-order valence-electron chi connectivity index (χ2n) is 9.80. The molecule has 4 heterocycles. The number of ketones is 2. The standard InChI is InChI=1S/C31H21FN2O3S/c32-20-13-11-19(12-14-20)27(35)25-26(28(36)24-10-5-17-38-24)34-16-15-18-6-1-2-7-21(18)29(34)31(25)22-8-3-4-9-23(22)33-30(31)37/h1-17,25-26,29H,(H,33,37). The minimum atomic E-state index is -1.39. The molecule has 3 aromatic carbocycles. The zero-order valence-corrected chi connectivity index (χ0v) is 20.8. The Labute approximate surface area is 222 Å². The summed E-state index contributed by atoms with van der Waals surface area (Å²) in [6, 6.07) is 22.5. The summed E-state index contributed by atoms with van der Waals surface area (Å²) in [5.41, 5.74) is 2.00. The van der Waals surface area contributed by atoms with E-state index in [0.717, 1.165) is 11.1 Å². The van der Waals surface area contributed by atoms with Crippen molar-refractivity contribution in [3.63, 3.8) is 0 Å². The van der Waals surface area contributed by atoms with Gasteiger partial charge in [0.1, 0.15) is 17.3 Å². The van der Waals surface area contributed by atoms with Gasteiger partial charge in [0.2, 0.25) is 5.91 Å². The third kappa shape index (κ3) is 2.99. The lowest BCUT2D eigenvalue weighted by molar-refractivity contribution is -0.122. The minimum Gasteiger partial charge on any atom is -0.358 e. The Kier molecular flexibility index (Phi) is 5.00. The summed E-state index contributed by atoms with van der Waals surface area (Å²) in [7, 11) is 0. The zero-order valence-electron chi connectivity index (χ0n) is 20.0. The lowest BCUT2D eigenvalue weighted by Crippen LogP contribution is -2.49. The van der Waals surface area contributed by atoms with Gasteiger partial charge in [-0.25, -0.2) is 4.39 Å². The van der Waals surface area contributed by atoms with E-state index in [1.54, 1.807) is 12.1 Å². The highest BCUT2D eigenvalue weighted by Gasteiger charge is 2.70. The monoisotopic (exact) mass is 520 g/mol. The third-order valence-corrected chi connectivity index (χ3v) is 8.90.